The third-order valence-corrected chi connectivity index (χ3v) is 7.09. The first kappa shape index (κ1) is 15.4. The molecule has 1 aliphatic heterocycles. The van der Waals surface area contributed by atoms with E-state index in [1.165, 1.54) is 0 Å². The SMILES string of the molecule is O=S1(=O)CCC(S(=O)(=O)NCc2cccc(CO)c2)C1. The van der Waals surface area contributed by atoms with Gasteiger partial charge in [0.05, 0.1) is 23.4 Å². The van der Waals surface area contributed by atoms with E-state index in [1.54, 1.807) is 24.3 Å². The molecule has 0 spiro atoms. The lowest BCUT2D eigenvalue weighted by atomic mass is 10.1. The first-order valence-corrected chi connectivity index (χ1v) is 9.57. The van der Waals surface area contributed by atoms with Crippen LogP contribution in [-0.4, -0.2) is 38.7 Å². The molecular weight excluding hydrogens is 302 g/mol. The standard InChI is InChI=1S/C12H17NO5S2/c14-8-11-3-1-2-10(6-11)7-13-20(17,18)12-4-5-19(15,16)9-12/h1-3,6,12-14H,4-5,7-9H2. The zero-order valence-corrected chi connectivity index (χ0v) is 12.5. The fourth-order valence-electron chi connectivity index (χ4n) is 2.15. The van der Waals surface area contributed by atoms with Gasteiger partial charge < -0.3 is 5.11 Å². The smallest absolute Gasteiger partial charge is 0.215 e. The molecule has 1 heterocycles. The largest absolute Gasteiger partial charge is 0.392 e. The number of nitrogens with one attached hydrogen (secondary N) is 1. The number of hydrogen-bond donors (Lipinski definition) is 2. The molecule has 0 aliphatic carbocycles. The Balaban J connectivity index is 2.02. The molecule has 2 N–H and O–H groups in total. The average Bonchev–Trinajstić information content (AvgIpc) is 2.78. The number of aliphatic hydroxyl groups is 1. The zero-order valence-electron chi connectivity index (χ0n) is 10.8. The maximum Gasteiger partial charge on any atom is 0.215 e. The Morgan fingerprint density at radius 3 is 2.60 bits per heavy atom. The van der Waals surface area contributed by atoms with E-state index in [1.807, 2.05) is 0 Å². The third-order valence-electron chi connectivity index (χ3n) is 3.28. The monoisotopic (exact) mass is 319 g/mol. The number of aliphatic hydroxyl groups excluding tert-OH is 1. The molecule has 0 radical (unpaired) electrons. The summed E-state index contributed by atoms with van der Waals surface area (Å²) in [5.41, 5.74) is 1.42. The van der Waals surface area contributed by atoms with Crippen molar-refractivity contribution in [3.8, 4) is 0 Å². The molecule has 1 aromatic carbocycles. The summed E-state index contributed by atoms with van der Waals surface area (Å²) in [5.74, 6) is -0.377. The second-order valence-corrected chi connectivity index (χ2v) is 9.14. The van der Waals surface area contributed by atoms with Crippen molar-refractivity contribution in [2.75, 3.05) is 11.5 Å². The van der Waals surface area contributed by atoms with Crippen molar-refractivity contribution in [1.29, 1.82) is 0 Å². The molecule has 112 valence electrons. The van der Waals surface area contributed by atoms with Crippen LogP contribution >= 0.6 is 0 Å². The molecule has 0 saturated carbocycles. The van der Waals surface area contributed by atoms with Gasteiger partial charge in [0.1, 0.15) is 0 Å². The number of sulfonamides is 1. The van der Waals surface area contributed by atoms with Crippen LogP contribution in [-0.2, 0) is 33.0 Å². The van der Waals surface area contributed by atoms with Gasteiger partial charge in [-0.3, -0.25) is 0 Å². The third kappa shape index (κ3) is 3.78. The van der Waals surface area contributed by atoms with Gasteiger partial charge in [-0.05, 0) is 17.5 Å². The fraction of sp³-hybridized carbons (Fsp3) is 0.500. The number of benzene rings is 1. The highest BCUT2D eigenvalue weighted by Crippen LogP contribution is 2.18. The van der Waals surface area contributed by atoms with Gasteiger partial charge >= 0.3 is 0 Å². The van der Waals surface area contributed by atoms with Crippen LogP contribution in [0.1, 0.15) is 17.5 Å². The van der Waals surface area contributed by atoms with Crippen molar-refractivity contribution in [3.05, 3.63) is 35.4 Å². The minimum atomic E-state index is -3.64. The van der Waals surface area contributed by atoms with Gasteiger partial charge in [0, 0.05) is 6.54 Å². The van der Waals surface area contributed by atoms with Crippen LogP contribution in [0.25, 0.3) is 0 Å². The van der Waals surface area contributed by atoms with Crippen LogP contribution in [0.5, 0.6) is 0 Å². The predicted octanol–water partition coefficient (Wildman–Crippen LogP) is -0.215. The molecule has 1 fully saturated rings. The second kappa shape index (κ2) is 5.80. The Bertz CT molecular complexity index is 682. The van der Waals surface area contributed by atoms with Crippen molar-refractivity contribution in [3.63, 3.8) is 0 Å². The second-order valence-electron chi connectivity index (χ2n) is 4.87. The molecule has 1 aromatic rings. The highest BCUT2D eigenvalue weighted by atomic mass is 32.2. The topological polar surface area (TPSA) is 101 Å². The van der Waals surface area contributed by atoms with E-state index in [-0.39, 0.29) is 31.1 Å². The molecule has 6 nitrogen and oxygen atoms in total. The van der Waals surface area contributed by atoms with Crippen LogP contribution in [0.2, 0.25) is 0 Å². The molecule has 1 unspecified atom stereocenters. The van der Waals surface area contributed by atoms with E-state index < -0.39 is 25.1 Å². The Morgan fingerprint density at radius 2 is 2.00 bits per heavy atom. The molecule has 8 heteroatoms. The molecule has 1 saturated heterocycles. The Kier molecular flexibility index (Phi) is 4.48. The van der Waals surface area contributed by atoms with Crippen molar-refractivity contribution >= 4 is 19.9 Å². The quantitative estimate of drug-likeness (QED) is 0.782. The van der Waals surface area contributed by atoms with Gasteiger partial charge in [0.2, 0.25) is 10.0 Å². The fourth-order valence-corrected chi connectivity index (χ4v) is 6.21. The van der Waals surface area contributed by atoms with Gasteiger partial charge in [-0.1, -0.05) is 24.3 Å². The lowest BCUT2D eigenvalue weighted by Crippen LogP contribution is -2.34. The highest BCUT2D eigenvalue weighted by Gasteiger charge is 2.36. The first-order chi connectivity index (χ1) is 9.32. The molecule has 0 aromatic heterocycles. The van der Waals surface area contributed by atoms with Gasteiger partial charge in [-0.2, -0.15) is 0 Å². The van der Waals surface area contributed by atoms with Crippen LogP contribution in [0.3, 0.4) is 0 Å². The molecule has 2 rings (SSSR count). The van der Waals surface area contributed by atoms with E-state index in [9.17, 15) is 16.8 Å². The van der Waals surface area contributed by atoms with E-state index >= 15 is 0 Å². The Labute approximate surface area is 118 Å². The highest BCUT2D eigenvalue weighted by molar-refractivity contribution is 7.95. The van der Waals surface area contributed by atoms with Crippen molar-refractivity contribution in [2.45, 2.75) is 24.8 Å². The molecular formula is C12H17NO5S2. The Hall–Kier alpha value is -0.960. The van der Waals surface area contributed by atoms with Crippen LogP contribution in [0.4, 0.5) is 0 Å². The maximum absolute atomic E-state index is 12.0. The lowest BCUT2D eigenvalue weighted by Gasteiger charge is -2.11. The van der Waals surface area contributed by atoms with Crippen LogP contribution < -0.4 is 4.72 Å². The average molecular weight is 319 g/mol. The summed E-state index contributed by atoms with van der Waals surface area (Å²) in [6, 6.07) is 6.91. The molecule has 1 aliphatic rings. The summed E-state index contributed by atoms with van der Waals surface area (Å²) in [7, 11) is -6.86. The molecule has 1 atom stereocenters. The number of rotatable bonds is 5. The minimum absolute atomic E-state index is 0.0709. The molecule has 0 amide bonds. The van der Waals surface area contributed by atoms with Crippen LogP contribution in [0.15, 0.2) is 24.3 Å². The molecule has 0 bridgehead atoms. The van der Waals surface area contributed by atoms with E-state index in [4.69, 9.17) is 5.11 Å². The van der Waals surface area contributed by atoms with Gasteiger partial charge in [-0.15, -0.1) is 0 Å². The summed E-state index contributed by atoms with van der Waals surface area (Å²) in [6.45, 7) is -0.0197. The number of sulfone groups is 1. The normalized spacial score (nSPS) is 21.9. The number of hydrogen-bond acceptors (Lipinski definition) is 5. The lowest BCUT2D eigenvalue weighted by molar-refractivity contribution is 0.281. The van der Waals surface area contributed by atoms with E-state index in [0.717, 1.165) is 5.56 Å². The van der Waals surface area contributed by atoms with E-state index in [2.05, 4.69) is 4.72 Å². The summed E-state index contributed by atoms with van der Waals surface area (Å²) in [4.78, 5) is 0. The first-order valence-electron chi connectivity index (χ1n) is 6.20. The van der Waals surface area contributed by atoms with Gasteiger partial charge in [0.15, 0.2) is 9.84 Å². The van der Waals surface area contributed by atoms with Crippen LogP contribution in [0, 0.1) is 0 Å². The zero-order chi connectivity index (χ0) is 14.8. The van der Waals surface area contributed by atoms with Crippen molar-refractivity contribution in [2.24, 2.45) is 0 Å². The van der Waals surface area contributed by atoms with Crippen molar-refractivity contribution in [1.82, 2.24) is 4.72 Å². The maximum atomic E-state index is 12.0. The van der Waals surface area contributed by atoms with Gasteiger partial charge in [-0.25, -0.2) is 21.6 Å². The summed E-state index contributed by atoms with van der Waals surface area (Å²) in [6.07, 6.45) is 0.147. The summed E-state index contributed by atoms with van der Waals surface area (Å²) >= 11 is 0. The van der Waals surface area contributed by atoms with Crippen molar-refractivity contribution < 1.29 is 21.9 Å². The predicted molar refractivity (Wildman–Crippen MR) is 75.2 cm³/mol. The van der Waals surface area contributed by atoms with Gasteiger partial charge in [0.25, 0.3) is 0 Å². The molecule has 20 heavy (non-hydrogen) atoms. The Morgan fingerprint density at radius 1 is 1.30 bits per heavy atom. The summed E-state index contributed by atoms with van der Waals surface area (Å²) < 4.78 is 49.1. The van der Waals surface area contributed by atoms with E-state index in [0.29, 0.717) is 5.56 Å². The summed E-state index contributed by atoms with van der Waals surface area (Å²) in [5, 5.41) is 8.15. The minimum Gasteiger partial charge on any atom is -0.392 e.